The van der Waals surface area contributed by atoms with E-state index in [2.05, 4.69) is 20.9 Å². The van der Waals surface area contributed by atoms with Gasteiger partial charge in [0.15, 0.2) is 5.78 Å². The molecule has 4 heteroatoms. The van der Waals surface area contributed by atoms with Crippen LogP contribution in [0.1, 0.15) is 17.3 Å². The van der Waals surface area contributed by atoms with Crippen molar-refractivity contribution >= 4 is 27.5 Å². The molecular formula is C7H7BrN2O. The molecule has 11 heavy (non-hydrogen) atoms. The minimum atomic E-state index is -0.0222. The molecule has 0 fully saturated rings. The minimum Gasteiger partial charge on any atom is -0.384 e. The molecule has 2 N–H and O–H groups in total. The molecule has 0 saturated heterocycles. The number of carbonyl (C=O) groups excluding carboxylic acids is 1. The van der Waals surface area contributed by atoms with Gasteiger partial charge in [-0.1, -0.05) is 0 Å². The molecule has 1 heterocycles. The number of pyridine rings is 1. The summed E-state index contributed by atoms with van der Waals surface area (Å²) in [6.07, 6.45) is 1.52. The Morgan fingerprint density at radius 2 is 2.36 bits per heavy atom. The van der Waals surface area contributed by atoms with E-state index in [1.54, 1.807) is 6.07 Å². The molecule has 0 saturated carbocycles. The highest BCUT2D eigenvalue weighted by atomic mass is 79.9. The molecule has 1 aromatic heterocycles. The number of hydrogen-bond acceptors (Lipinski definition) is 3. The third-order valence-electron chi connectivity index (χ3n) is 1.26. The Balaban J connectivity index is 3.23. The number of carbonyl (C=O) groups is 1. The highest BCUT2D eigenvalue weighted by molar-refractivity contribution is 9.10. The number of rotatable bonds is 1. The number of ketones is 1. The SMILES string of the molecule is CC(=O)c1cc(N)ncc1Br. The Morgan fingerprint density at radius 1 is 1.73 bits per heavy atom. The van der Waals surface area contributed by atoms with Crippen molar-refractivity contribution < 1.29 is 4.79 Å². The first kappa shape index (κ1) is 8.20. The molecule has 3 nitrogen and oxygen atoms in total. The van der Waals surface area contributed by atoms with Gasteiger partial charge >= 0.3 is 0 Å². The van der Waals surface area contributed by atoms with Crippen LogP contribution in [0.4, 0.5) is 5.82 Å². The lowest BCUT2D eigenvalue weighted by Crippen LogP contribution is -1.98. The summed E-state index contributed by atoms with van der Waals surface area (Å²) in [4.78, 5) is 14.7. The fourth-order valence-electron chi connectivity index (χ4n) is 0.725. The summed E-state index contributed by atoms with van der Waals surface area (Å²) in [5.74, 6) is 0.337. The molecule has 0 aliphatic rings. The van der Waals surface area contributed by atoms with Crippen LogP contribution in [-0.2, 0) is 0 Å². The second-order valence-corrected chi connectivity index (χ2v) is 3.00. The second-order valence-electron chi connectivity index (χ2n) is 2.15. The molecule has 0 amide bonds. The first-order chi connectivity index (χ1) is 5.11. The first-order valence-electron chi connectivity index (χ1n) is 3.03. The molecule has 0 radical (unpaired) electrons. The van der Waals surface area contributed by atoms with Gasteiger partial charge in [-0.3, -0.25) is 4.79 Å². The van der Waals surface area contributed by atoms with Gasteiger partial charge in [0, 0.05) is 16.2 Å². The lowest BCUT2D eigenvalue weighted by atomic mass is 10.2. The van der Waals surface area contributed by atoms with Crippen molar-refractivity contribution in [3.05, 3.63) is 22.3 Å². The molecule has 0 bridgehead atoms. The lowest BCUT2D eigenvalue weighted by Gasteiger charge is -1.99. The summed E-state index contributed by atoms with van der Waals surface area (Å²) in [5.41, 5.74) is 5.95. The van der Waals surface area contributed by atoms with Crippen LogP contribution in [0.3, 0.4) is 0 Å². The number of nitrogen functional groups attached to an aromatic ring is 1. The van der Waals surface area contributed by atoms with Crippen LogP contribution < -0.4 is 5.73 Å². The molecule has 0 atom stereocenters. The number of aromatic nitrogens is 1. The zero-order valence-electron chi connectivity index (χ0n) is 5.97. The predicted octanol–water partition coefficient (Wildman–Crippen LogP) is 1.63. The normalized spacial score (nSPS) is 9.64. The monoisotopic (exact) mass is 214 g/mol. The zero-order valence-corrected chi connectivity index (χ0v) is 7.55. The van der Waals surface area contributed by atoms with Gasteiger partial charge < -0.3 is 5.73 Å². The summed E-state index contributed by atoms with van der Waals surface area (Å²) in [5, 5.41) is 0. The van der Waals surface area contributed by atoms with Crippen molar-refractivity contribution in [1.29, 1.82) is 0 Å². The zero-order chi connectivity index (χ0) is 8.43. The highest BCUT2D eigenvalue weighted by Crippen LogP contribution is 2.17. The van der Waals surface area contributed by atoms with Crippen LogP contribution in [0, 0.1) is 0 Å². The van der Waals surface area contributed by atoms with Gasteiger partial charge in [0.1, 0.15) is 5.82 Å². The Labute approximate surface area is 72.7 Å². The van der Waals surface area contributed by atoms with E-state index < -0.39 is 0 Å². The second kappa shape index (κ2) is 3.00. The Bertz CT molecular complexity index is 298. The molecule has 58 valence electrons. The molecule has 0 aliphatic heterocycles. The van der Waals surface area contributed by atoms with Crippen molar-refractivity contribution in [3.8, 4) is 0 Å². The number of halogens is 1. The van der Waals surface area contributed by atoms with Crippen molar-refractivity contribution in [1.82, 2.24) is 4.98 Å². The lowest BCUT2D eigenvalue weighted by molar-refractivity contribution is 0.101. The van der Waals surface area contributed by atoms with Gasteiger partial charge in [0.05, 0.1) is 0 Å². The third kappa shape index (κ3) is 1.77. The minimum absolute atomic E-state index is 0.0222. The number of Topliss-reactive ketones (excluding diaryl/α,β-unsaturated/α-hetero) is 1. The van der Waals surface area contributed by atoms with Crippen molar-refractivity contribution in [3.63, 3.8) is 0 Å². The predicted molar refractivity (Wildman–Crippen MR) is 46.4 cm³/mol. The molecule has 0 spiro atoms. The van der Waals surface area contributed by atoms with Crippen molar-refractivity contribution in [2.24, 2.45) is 0 Å². The Morgan fingerprint density at radius 3 is 2.82 bits per heavy atom. The van der Waals surface area contributed by atoms with Crippen LogP contribution in [-0.4, -0.2) is 10.8 Å². The quantitative estimate of drug-likeness (QED) is 0.724. The summed E-state index contributed by atoms with van der Waals surface area (Å²) in [7, 11) is 0. The Kier molecular flexibility index (Phi) is 2.24. The van der Waals surface area contributed by atoms with Crippen LogP contribution in [0.2, 0.25) is 0 Å². The van der Waals surface area contributed by atoms with Crippen LogP contribution in [0.5, 0.6) is 0 Å². The average molecular weight is 215 g/mol. The molecular weight excluding hydrogens is 208 g/mol. The molecule has 0 aromatic carbocycles. The van der Waals surface area contributed by atoms with Crippen LogP contribution >= 0.6 is 15.9 Å². The van der Waals surface area contributed by atoms with Gasteiger partial charge in [0.25, 0.3) is 0 Å². The summed E-state index contributed by atoms with van der Waals surface area (Å²) >= 11 is 3.19. The molecule has 1 rings (SSSR count). The molecule has 1 aromatic rings. The summed E-state index contributed by atoms with van der Waals surface area (Å²) in [6, 6.07) is 1.55. The van der Waals surface area contributed by atoms with E-state index in [0.29, 0.717) is 15.9 Å². The molecule has 0 aliphatic carbocycles. The maximum Gasteiger partial charge on any atom is 0.161 e. The smallest absolute Gasteiger partial charge is 0.161 e. The topological polar surface area (TPSA) is 56.0 Å². The number of anilines is 1. The maximum absolute atomic E-state index is 10.9. The maximum atomic E-state index is 10.9. The van der Waals surface area contributed by atoms with E-state index in [0.717, 1.165) is 0 Å². The largest absolute Gasteiger partial charge is 0.384 e. The van der Waals surface area contributed by atoms with Crippen molar-refractivity contribution in [2.75, 3.05) is 5.73 Å². The van der Waals surface area contributed by atoms with Gasteiger partial charge in [-0.25, -0.2) is 4.98 Å². The van der Waals surface area contributed by atoms with Crippen molar-refractivity contribution in [2.45, 2.75) is 6.92 Å². The van der Waals surface area contributed by atoms with E-state index in [4.69, 9.17) is 5.73 Å². The fraction of sp³-hybridized carbons (Fsp3) is 0.143. The number of hydrogen-bond donors (Lipinski definition) is 1. The fourth-order valence-corrected chi connectivity index (χ4v) is 1.22. The van der Waals surface area contributed by atoms with E-state index in [-0.39, 0.29) is 5.78 Å². The summed E-state index contributed by atoms with van der Waals surface area (Å²) in [6.45, 7) is 1.49. The van der Waals surface area contributed by atoms with E-state index in [9.17, 15) is 4.79 Å². The third-order valence-corrected chi connectivity index (χ3v) is 1.89. The standard InChI is InChI=1S/C7H7BrN2O/c1-4(11)5-2-7(9)10-3-6(5)8/h2-3H,1H3,(H2,9,10). The van der Waals surface area contributed by atoms with Gasteiger partial charge in [-0.2, -0.15) is 0 Å². The highest BCUT2D eigenvalue weighted by Gasteiger charge is 2.04. The van der Waals surface area contributed by atoms with Gasteiger partial charge in [-0.15, -0.1) is 0 Å². The average Bonchev–Trinajstić information content (AvgIpc) is 1.94. The van der Waals surface area contributed by atoms with Crippen LogP contribution in [0.15, 0.2) is 16.7 Å². The van der Waals surface area contributed by atoms with Gasteiger partial charge in [0.2, 0.25) is 0 Å². The van der Waals surface area contributed by atoms with Crippen LogP contribution in [0.25, 0.3) is 0 Å². The van der Waals surface area contributed by atoms with E-state index in [1.807, 2.05) is 0 Å². The summed E-state index contributed by atoms with van der Waals surface area (Å²) < 4.78 is 0.680. The van der Waals surface area contributed by atoms with E-state index in [1.165, 1.54) is 13.1 Å². The molecule has 0 unspecified atom stereocenters. The number of nitrogens with two attached hydrogens (primary N) is 1. The van der Waals surface area contributed by atoms with Gasteiger partial charge in [-0.05, 0) is 28.9 Å². The van der Waals surface area contributed by atoms with E-state index >= 15 is 0 Å². The number of nitrogens with zero attached hydrogens (tertiary/aromatic N) is 1. The Hall–Kier alpha value is -0.900. The first-order valence-corrected chi connectivity index (χ1v) is 3.82.